The number of piperidine rings is 1. The van der Waals surface area contributed by atoms with E-state index in [1.165, 1.54) is 7.11 Å². The van der Waals surface area contributed by atoms with E-state index >= 15 is 0 Å². The molecule has 1 amide bonds. The first kappa shape index (κ1) is 16.0. The Morgan fingerprint density at radius 3 is 2.47 bits per heavy atom. The number of ether oxygens (including phenoxy) is 1. The van der Waals surface area contributed by atoms with Crippen molar-refractivity contribution in [3.05, 3.63) is 0 Å². The fourth-order valence-corrected chi connectivity index (χ4v) is 2.69. The van der Waals surface area contributed by atoms with Gasteiger partial charge in [0, 0.05) is 20.0 Å². The summed E-state index contributed by atoms with van der Waals surface area (Å²) in [6, 6.07) is 0. The number of rotatable bonds is 6. The van der Waals surface area contributed by atoms with E-state index in [4.69, 9.17) is 0 Å². The molecule has 1 aliphatic rings. The molecule has 0 bridgehead atoms. The van der Waals surface area contributed by atoms with Gasteiger partial charge in [-0.05, 0) is 38.8 Å². The molecule has 0 aromatic rings. The number of nitrogens with zero attached hydrogens (tertiary/aromatic N) is 1. The van der Waals surface area contributed by atoms with Crippen molar-refractivity contribution in [3.63, 3.8) is 0 Å². The minimum absolute atomic E-state index is 0.203. The van der Waals surface area contributed by atoms with Crippen LogP contribution in [0.5, 0.6) is 0 Å². The zero-order valence-corrected chi connectivity index (χ0v) is 12.3. The highest BCUT2D eigenvalue weighted by molar-refractivity contribution is 5.82. The van der Waals surface area contributed by atoms with Gasteiger partial charge in [-0.2, -0.15) is 0 Å². The van der Waals surface area contributed by atoms with E-state index in [-0.39, 0.29) is 17.3 Å². The second-order valence-electron chi connectivity index (χ2n) is 5.29. The summed E-state index contributed by atoms with van der Waals surface area (Å²) < 4.78 is 4.60. The number of hydrogen-bond donors (Lipinski definition) is 1. The fourth-order valence-electron chi connectivity index (χ4n) is 2.69. The third-order valence-corrected chi connectivity index (χ3v) is 4.14. The molecule has 1 heterocycles. The quantitative estimate of drug-likeness (QED) is 0.736. The van der Waals surface area contributed by atoms with E-state index in [1.54, 1.807) is 4.90 Å². The van der Waals surface area contributed by atoms with Crippen LogP contribution in [0.15, 0.2) is 0 Å². The van der Waals surface area contributed by atoms with Gasteiger partial charge in [-0.25, -0.2) is 0 Å². The van der Waals surface area contributed by atoms with Gasteiger partial charge in [0.05, 0.1) is 12.5 Å². The van der Waals surface area contributed by atoms with Crippen molar-refractivity contribution in [1.82, 2.24) is 10.2 Å². The Hall–Kier alpha value is -1.10. The first-order valence-electron chi connectivity index (χ1n) is 7.09. The maximum atomic E-state index is 12.6. The monoisotopic (exact) mass is 270 g/mol. The second kappa shape index (κ2) is 7.48. The summed E-state index contributed by atoms with van der Waals surface area (Å²) in [7, 11) is 3.22. The van der Waals surface area contributed by atoms with Crippen LogP contribution < -0.4 is 5.32 Å². The van der Waals surface area contributed by atoms with Crippen LogP contribution in [0.3, 0.4) is 0 Å². The van der Waals surface area contributed by atoms with Crippen LogP contribution in [-0.4, -0.2) is 50.6 Å². The predicted molar refractivity (Wildman–Crippen MR) is 73.7 cm³/mol. The zero-order chi connectivity index (χ0) is 14.3. The van der Waals surface area contributed by atoms with Gasteiger partial charge in [-0.15, -0.1) is 0 Å². The Morgan fingerprint density at radius 1 is 1.32 bits per heavy atom. The van der Waals surface area contributed by atoms with E-state index in [0.717, 1.165) is 32.4 Å². The molecule has 0 saturated carbocycles. The zero-order valence-electron chi connectivity index (χ0n) is 12.3. The van der Waals surface area contributed by atoms with Crippen LogP contribution in [0.25, 0.3) is 0 Å². The molecule has 5 nitrogen and oxygen atoms in total. The Bertz CT molecular complexity index is 312. The lowest BCUT2D eigenvalue weighted by atomic mass is 9.75. The summed E-state index contributed by atoms with van der Waals surface area (Å²) in [6.07, 6.45) is 3.73. The molecular weight excluding hydrogens is 244 g/mol. The molecule has 5 heteroatoms. The molecule has 0 spiro atoms. The Morgan fingerprint density at radius 2 is 1.95 bits per heavy atom. The van der Waals surface area contributed by atoms with Crippen molar-refractivity contribution in [1.29, 1.82) is 0 Å². The Labute approximate surface area is 115 Å². The summed E-state index contributed by atoms with van der Waals surface area (Å²) in [4.78, 5) is 25.4. The molecule has 1 N–H and O–H groups in total. The van der Waals surface area contributed by atoms with Gasteiger partial charge in [0.25, 0.3) is 0 Å². The van der Waals surface area contributed by atoms with Crippen LogP contribution in [0.4, 0.5) is 0 Å². The highest BCUT2D eigenvalue weighted by Gasteiger charge is 2.39. The number of carbonyl (C=O) groups is 2. The van der Waals surface area contributed by atoms with Gasteiger partial charge in [-0.1, -0.05) is 6.92 Å². The Kier molecular flexibility index (Phi) is 6.28. The average Bonchev–Trinajstić information content (AvgIpc) is 2.46. The lowest BCUT2D eigenvalue weighted by molar-refractivity contribution is -0.144. The summed E-state index contributed by atoms with van der Waals surface area (Å²) in [5, 5.41) is 3.30. The number of nitrogens with one attached hydrogen (secondary N) is 1. The van der Waals surface area contributed by atoms with Gasteiger partial charge in [0.1, 0.15) is 0 Å². The molecule has 1 rings (SSSR count). The van der Waals surface area contributed by atoms with Crippen LogP contribution in [0.1, 0.15) is 39.0 Å². The number of carbonyl (C=O) groups excluding carboxylic acids is 2. The topological polar surface area (TPSA) is 58.6 Å². The minimum atomic E-state index is -0.215. The molecule has 0 aliphatic carbocycles. The number of hydrogen-bond acceptors (Lipinski definition) is 4. The summed E-state index contributed by atoms with van der Waals surface area (Å²) in [6.45, 7) is 4.53. The van der Waals surface area contributed by atoms with Gasteiger partial charge in [0.2, 0.25) is 5.91 Å². The lowest BCUT2D eigenvalue weighted by Crippen LogP contribution is -2.48. The van der Waals surface area contributed by atoms with E-state index < -0.39 is 0 Å². The van der Waals surface area contributed by atoms with Crippen molar-refractivity contribution in [2.24, 2.45) is 5.41 Å². The second-order valence-corrected chi connectivity index (χ2v) is 5.29. The molecule has 0 atom stereocenters. The van der Waals surface area contributed by atoms with Crippen LogP contribution in [0.2, 0.25) is 0 Å². The fraction of sp³-hybridized carbons (Fsp3) is 0.857. The molecule has 0 aromatic carbocycles. The highest BCUT2D eigenvalue weighted by atomic mass is 16.5. The average molecular weight is 270 g/mol. The first-order valence-corrected chi connectivity index (χ1v) is 7.09. The van der Waals surface area contributed by atoms with Crippen LogP contribution in [0, 0.1) is 5.41 Å². The third-order valence-electron chi connectivity index (χ3n) is 4.14. The normalized spacial score (nSPS) is 17.8. The third kappa shape index (κ3) is 4.20. The van der Waals surface area contributed by atoms with Crippen molar-refractivity contribution in [2.75, 3.05) is 33.8 Å². The van der Waals surface area contributed by atoms with Crippen LogP contribution >= 0.6 is 0 Å². The predicted octanol–water partition coefficient (Wildman–Crippen LogP) is 1.18. The summed E-state index contributed by atoms with van der Waals surface area (Å²) in [5.41, 5.74) is -0.203. The van der Waals surface area contributed by atoms with E-state index in [0.29, 0.717) is 19.4 Å². The van der Waals surface area contributed by atoms with Gasteiger partial charge < -0.3 is 15.0 Å². The minimum Gasteiger partial charge on any atom is -0.469 e. The molecule has 1 aliphatic heterocycles. The molecule has 0 unspecified atom stereocenters. The van der Waals surface area contributed by atoms with Gasteiger partial charge >= 0.3 is 5.97 Å². The van der Waals surface area contributed by atoms with Crippen molar-refractivity contribution in [2.45, 2.75) is 39.0 Å². The highest BCUT2D eigenvalue weighted by Crippen LogP contribution is 2.34. The molecular formula is C14H26N2O3. The Balaban J connectivity index is 2.47. The maximum Gasteiger partial charge on any atom is 0.305 e. The van der Waals surface area contributed by atoms with Gasteiger partial charge in [-0.3, -0.25) is 9.59 Å². The number of amides is 1. The summed E-state index contributed by atoms with van der Waals surface area (Å²) >= 11 is 0. The SMILES string of the molecule is CCC1(C(=O)N(C)CCCC(=O)OC)CCNCC1. The van der Waals surface area contributed by atoms with E-state index in [9.17, 15) is 9.59 Å². The summed E-state index contributed by atoms with van der Waals surface area (Å²) in [5.74, 6) is 0.00860. The van der Waals surface area contributed by atoms with Gasteiger partial charge in [0.15, 0.2) is 0 Å². The smallest absolute Gasteiger partial charge is 0.305 e. The lowest BCUT2D eigenvalue weighted by Gasteiger charge is -2.38. The molecule has 1 fully saturated rings. The molecule has 1 saturated heterocycles. The largest absolute Gasteiger partial charge is 0.469 e. The molecule has 19 heavy (non-hydrogen) atoms. The maximum absolute atomic E-state index is 12.6. The van der Waals surface area contributed by atoms with Crippen molar-refractivity contribution < 1.29 is 14.3 Å². The molecule has 0 radical (unpaired) electrons. The molecule has 110 valence electrons. The van der Waals surface area contributed by atoms with Crippen molar-refractivity contribution >= 4 is 11.9 Å². The molecule has 0 aromatic heterocycles. The number of esters is 1. The standard InChI is InChI=1S/C14H26N2O3/c1-4-14(7-9-15-10-8-14)13(18)16(2)11-5-6-12(17)19-3/h15H,4-11H2,1-3H3. The number of methoxy groups -OCH3 is 1. The first-order chi connectivity index (χ1) is 9.05. The van der Waals surface area contributed by atoms with E-state index in [1.807, 2.05) is 7.05 Å². The van der Waals surface area contributed by atoms with Crippen molar-refractivity contribution in [3.8, 4) is 0 Å². The van der Waals surface area contributed by atoms with Crippen LogP contribution in [-0.2, 0) is 14.3 Å². The van der Waals surface area contributed by atoms with E-state index in [2.05, 4.69) is 17.0 Å².